The van der Waals surface area contributed by atoms with Gasteiger partial charge in [0, 0.05) is 12.1 Å². The summed E-state index contributed by atoms with van der Waals surface area (Å²) in [7, 11) is 1.83. The number of aromatic nitrogens is 3. The monoisotopic (exact) mass is 647 g/mol. The molecule has 2 aromatic heterocycles. The molecule has 0 spiro atoms. The van der Waals surface area contributed by atoms with Crippen molar-refractivity contribution in [3.63, 3.8) is 0 Å². The Morgan fingerprint density at radius 1 is 1.02 bits per heavy atom. The first-order chi connectivity index (χ1) is 21.8. The molecule has 2 heterocycles. The predicted octanol–water partition coefficient (Wildman–Crippen LogP) is 5.60. The zero-order chi connectivity index (χ0) is 33.1. The van der Waals surface area contributed by atoms with Crippen LogP contribution < -0.4 is 20.1 Å². The number of carbonyl (C=O) groups excluding carboxylic acids is 1. The van der Waals surface area contributed by atoms with Crippen molar-refractivity contribution >= 4 is 27.4 Å². The lowest BCUT2D eigenvalue weighted by molar-refractivity contribution is 0.171. The largest absolute Gasteiger partial charge is 0.484 e. The summed E-state index contributed by atoms with van der Waals surface area (Å²) in [5, 5.41) is 14.7. The van der Waals surface area contributed by atoms with Gasteiger partial charge in [0.05, 0.1) is 17.1 Å². The number of ether oxygens (including phenoxy) is 1. The van der Waals surface area contributed by atoms with Crippen molar-refractivity contribution in [1.29, 1.82) is 0 Å². The van der Waals surface area contributed by atoms with Crippen molar-refractivity contribution in [2.24, 2.45) is 0 Å². The molecule has 0 unspecified atom stereocenters. The maximum absolute atomic E-state index is 13.3. The quantitative estimate of drug-likeness (QED) is 0.181. The number of fused-ring (bicyclic) bond motifs is 2. The molecule has 1 aliphatic carbocycles. The van der Waals surface area contributed by atoms with E-state index in [-0.39, 0.29) is 22.5 Å². The highest BCUT2D eigenvalue weighted by Gasteiger charge is 2.30. The van der Waals surface area contributed by atoms with Crippen LogP contribution in [0.4, 0.5) is 10.5 Å². The number of benzene rings is 2. The van der Waals surface area contributed by atoms with E-state index in [0.29, 0.717) is 18.5 Å². The van der Waals surface area contributed by atoms with Crippen molar-refractivity contribution in [3.8, 4) is 5.75 Å². The van der Waals surface area contributed by atoms with E-state index in [2.05, 4.69) is 44.5 Å². The summed E-state index contributed by atoms with van der Waals surface area (Å²) < 4.78 is 36.1. The number of unbranched alkanes of at least 4 members (excludes halogenated alkanes) is 1. The lowest BCUT2D eigenvalue weighted by Gasteiger charge is -2.32. The zero-order valence-electron chi connectivity index (χ0n) is 27.5. The molecule has 0 fully saturated rings. The predicted molar refractivity (Wildman–Crippen MR) is 180 cm³/mol. The van der Waals surface area contributed by atoms with E-state index in [1.165, 1.54) is 13.1 Å². The summed E-state index contributed by atoms with van der Waals surface area (Å²) in [6.45, 7) is 7.03. The second-order valence-corrected chi connectivity index (χ2v) is 15.0. The normalized spacial score (nSPS) is 16.8. The van der Waals surface area contributed by atoms with E-state index in [0.717, 1.165) is 59.7 Å². The molecule has 0 radical (unpaired) electrons. The Morgan fingerprint density at radius 3 is 2.50 bits per heavy atom. The summed E-state index contributed by atoms with van der Waals surface area (Å²) in [6.07, 6.45) is 6.10. The molecule has 46 heavy (non-hydrogen) atoms. The molecule has 0 aliphatic heterocycles. The van der Waals surface area contributed by atoms with Gasteiger partial charge in [-0.2, -0.15) is 0 Å². The Kier molecular flexibility index (Phi) is 9.99. The molecule has 0 saturated heterocycles. The topological polar surface area (TPSA) is 130 Å². The second-order valence-electron chi connectivity index (χ2n) is 13.1. The molecule has 4 aromatic rings. The first-order valence-corrected chi connectivity index (χ1v) is 17.2. The number of carbonyl (C=O) groups is 1. The van der Waals surface area contributed by atoms with Gasteiger partial charge < -0.3 is 20.3 Å². The van der Waals surface area contributed by atoms with Crippen LogP contribution >= 0.6 is 0 Å². The Labute approximate surface area is 271 Å². The maximum atomic E-state index is 13.3. The van der Waals surface area contributed by atoms with E-state index in [4.69, 9.17) is 4.74 Å². The fourth-order valence-corrected chi connectivity index (χ4v) is 6.56. The number of sulfonamides is 1. The van der Waals surface area contributed by atoms with Crippen molar-refractivity contribution < 1.29 is 17.9 Å². The number of anilines is 1. The van der Waals surface area contributed by atoms with Crippen LogP contribution in [-0.4, -0.2) is 61.6 Å². The second kappa shape index (κ2) is 13.8. The van der Waals surface area contributed by atoms with Gasteiger partial charge in [-0.1, -0.05) is 45.0 Å². The molecule has 1 aliphatic rings. The number of amides is 2. The van der Waals surface area contributed by atoms with Gasteiger partial charge in [-0.15, -0.1) is 10.2 Å². The van der Waals surface area contributed by atoms with Crippen LogP contribution in [0.5, 0.6) is 5.75 Å². The number of nitrogens with one attached hydrogen (secondary N) is 3. The molecule has 11 nitrogen and oxygen atoms in total. The van der Waals surface area contributed by atoms with Gasteiger partial charge in [0.25, 0.3) is 0 Å². The molecule has 0 bridgehead atoms. The summed E-state index contributed by atoms with van der Waals surface area (Å²) >= 11 is 0. The minimum atomic E-state index is -3.70. The summed E-state index contributed by atoms with van der Waals surface area (Å²) in [6, 6.07) is 16.1. The fourth-order valence-electron chi connectivity index (χ4n) is 5.76. The van der Waals surface area contributed by atoms with Gasteiger partial charge in [-0.3, -0.25) is 4.40 Å². The molecule has 5 rings (SSSR count). The number of hydrogen-bond donors (Lipinski definition) is 3. The minimum absolute atomic E-state index is 0.0989. The van der Waals surface area contributed by atoms with Crippen LogP contribution in [0.2, 0.25) is 0 Å². The summed E-state index contributed by atoms with van der Waals surface area (Å²) in [5.74, 6) is 1.65. The number of hydrogen-bond acceptors (Lipinski definition) is 7. The lowest BCUT2D eigenvalue weighted by Crippen LogP contribution is -2.35. The maximum Gasteiger partial charge on any atom is 0.319 e. The van der Waals surface area contributed by atoms with Crippen LogP contribution in [0.3, 0.4) is 0 Å². The summed E-state index contributed by atoms with van der Waals surface area (Å²) in [4.78, 5) is 15.6. The van der Waals surface area contributed by atoms with Gasteiger partial charge in [0.1, 0.15) is 17.7 Å². The van der Waals surface area contributed by atoms with Gasteiger partial charge in [0.2, 0.25) is 10.0 Å². The van der Waals surface area contributed by atoms with Crippen LogP contribution in [0.15, 0.2) is 65.7 Å². The van der Waals surface area contributed by atoms with Crippen molar-refractivity contribution in [1.82, 2.24) is 29.5 Å². The van der Waals surface area contributed by atoms with E-state index >= 15 is 0 Å². The molecule has 12 heteroatoms. The molecule has 2 aromatic carbocycles. The summed E-state index contributed by atoms with van der Waals surface area (Å²) in [5.41, 5.74) is 3.68. The van der Waals surface area contributed by atoms with Crippen LogP contribution in [0.25, 0.3) is 5.65 Å². The molecule has 2 amide bonds. The number of pyridine rings is 1. The molecule has 3 N–H and O–H groups in total. The third-order valence-corrected chi connectivity index (χ3v) is 9.72. The first-order valence-electron chi connectivity index (χ1n) is 15.7. The first kappa shape index (κ1) is 33.4. The third-order valence-electron chi connectivity index (χ3n) is 8.33. The zero-order valence-corrected chi connectivity index (χ0v) is 28.3. The number of rotatable bonds is 11. The van der Waals surface area contributed by atoms with E-state index < -0.39 is 16.1 Å². The lowest BCUT2D eigenvalue weighted by atomic mass is 9.85. The Hall–Kier alpha value is -4.00. The van der Waals surface area contributed by atoms with Crippen LogP contribution in [-0.2, 0) is 21.9 Å². The molecule has 0 saturated carbocycles. The highest BCUT2D eigenvalue weighted by atomic mass is 32.2. The highest BCUT2D eigenvalue weighted by Crippen LogP contribution is 2.39. The molecular formula is C34H45N7O4S. The number of aryl methyl sites for hydroxylation is 1. The smallest absolute Gasteiger partial charge is 0.319 e. The fraction of sp³-hybridized carbons (Fsp3) is 0.441. The van der Waals surface area contributed by atoms with Gasteiger partial charge in [0.15, 0.2) is 5.65 Å². The average molecular weight is 648 g/mol. The standard InChI is InChI=1S/C34H45N7O4S/c1-34(2,3)23-19-24(21-26(20-23)46(43,44)35-4)36-33(42)37-29-15-16-30(28-12-8-7-11-27(28)29)45-25-14-17-32-39-38-31(41(32)22-25)13-9-10-18-40(5)6/h7-8,11-12,14,17,19-22,29-30,35H,9-10,13,15-16,18H2,1-6H3,(H2,36,37,42)/t29-,30+/m0/s1. The van der Waals surface area contributed by atoms with Gasteiger partial charge >= 0.3 is 6.03 Å². The number of nitrogens with zero attached hydrogens (tertiary/aromatic N) is 4. The van der Waals surface area contributed by atoms with Crippen molar-refractivity contribution in [3.05, 3.63) is 83.3 Å². The van der Waals surface area contributed by atoms with Crippen molar-refractivity contribution in [2.45, 2.75) is 75.3 Å². The minimum Gasteiger partial charge on any atom is -0.484 e. The number of urea groups is 1. The van der Waals surface area contributed by atoms with Crippen LogP contribution in [0, 0.1) is 0 Å². The van der Waals surface area contributed by atoms with E-state index in [1.54, 1.807) is 6.07 Å². The SMILES string of the molecule is CNS(=O)(=O)c1cc(NC(=O)N[C@H]2CC[C@@H](Oc3ccc4nnc(CCCCN(C)C)n4c3)c3ccccc32)cc(C(C)(C)C)c1. The molecular weight excluding hydrogens is 602 g/mol. The Morgan fingerprint density at radius 2 is 1.78 bits per heavy atom. The average Bonchev–Trinajstić information content (AvgIpc) is 3.42. The van der Waals surface area contributed by atoms with Crippen LogP contribution in [0.1, 0.15) is 81.1 Å². The van der Waals surface area contributed by atoms with E-state index in [1.807, 2.05) is 73.8 Å². The molecule has 2 atom stereocenters. The van der Waals surface area contributed by atoms with Gasteiger partial charge in [-0.05, 0) is 106 Å². The van der Waals surface area contributed by atoms with Crippen molar-refractivity contribution in [2.75, 3.05) is 33.0 Å². The Balaban J connectivity index is 1.30. The highest BCUT2D eigenvalue weighted by molar-refractivity contribution is 7.89. The third kappa shape index (κ3) is 7.86. The molecule has 246 valence electrons. The Bertz CT molecular complexity index is 1800. The van der Waals surface area contributed by atoms with Gasteiger partial charge in [-0.25, -0.2) is 17.9 Å². The van der Waals surface area contributed by atoms with E-state index in [9.17, 15) is 13.2 Å².